The van der Waals surface area contributed by atoms with Gasteiger partial charge in [0.15, 0.2) is 0 Å². The third-order valence-electron chi connectivity index (χ3n) is 5.75. The molecule has 33 heavy (non-hydrogen) atoms. The second-order valence-electron chi connectivity index (χ2n) is 7.76. The number of piperazine rings is 1. The van der Waals surface area contributed by atoms with Gasteiger partial charge in [-0.05, 0) is 48.5 Å². The van der Waals surface area contributed by atoms with Crippen molar-refractivity contribution < 1.29 is 24.2 Å². The Balaban J connectivity index is 1.32. The lowest BCUT2D eigenvalue weighted by Gasteiger charge is -2.36. The summed E-state index contributed by atoms with van der Waals surface area (Å²) >= 11 is 0. The number of aliphatic hydroxyl groups is 1. The molecule has 4 rings (SSSR count). The normalized spacial score (nSPS) is 16.2. The molecule has 0 radical (unpaired) electrons. The summed E-state index contributed by atoms with van der Waals surface area (Å²) in [5, 5.41) is 12.0. The fourth-order valence-electron chi connectivity index (χ4n) is 3.90. The summed E-state index contributed by atoms with van der Waals surface area (Å²) in [6.07, 6.45) is 1.24. The molecule has 9 nitrogen and oxygen atoms in total. The minimum absolute atomic E-state index is 0.0103. The van der Waals surface area contributed by atoms with Crippen molar-refractivity contribution >= 4 is 29.1 Å². The van der Waals surface area contributed by atoms with E-state index in [1.54, 1.807) is 31.4 Å². The molecular formula is C24H26N4O5. The number of hydrogen-bond donors (Lipinski definition) is 2. The Morgan fingerprint density at radius 1 is 1.00 bits per heavy atom. The number of methoxy groups -OCH3 is 1. The molecule has 0 atom stereocenters. The Kier molecular flexibility index (Phi) is 6.60. The van der Waals surface area contributed by atoms with Gasteiger partial charge in [0.05, 0.1) is 20.3 Å². The average molecular weight is 450 g/mol. The number of ether oxygens (including phenoxy) is 1. The van der Waals surface area contributed by atoms with Crippen LogP contribution in [0.25, 0.3) is 0 Å². The number of carbonyl (C=O) groups is 3. The highest BCUT2D eigenvalue weighted by molar-refractivity contribution is 6.17. The molecule has 9 heteroatoms. The van der Waals surface area contributed by atoms with Gasteiger partial charge in [-0.1, -0.05) is 0 Å². The molecule has 0 unspecified atom stereocenters. The number of nitrogens with zero attached hydrogens (tertiary/aromatic N) is 3. The van der Waals surface area contributed by atoms with E-state index < -0.39 is 11.8 Å². The van der Waals surface area contributed by atoms with Gasteiger partial charge in [-0.2, -0.15) is 0 Å². The number of carbonyl (C=O) groups excluding carboxylic acids is 3. The quantitative estimate of drug-likeness (QED) is 0.614. The molecule has 3 amide bonds. The zero-order valence-electron chi connectivity index (χ0n) is 18.4. The van der Waals surface area contributed by atoms with E-state index in [4.69, 9.17) is 9.84 Å². The Labute approximate surface area is 191 Å². The van der Waals surface area contributed by atoms with Crippen molar-refractivity contribution in [1.29, 1.82) is 0 Å². The minimum atomic E-state index is -0.448. The number of rotatable bonds is 7. The van der Waals surface area contributed by atoms with Crippen molar-refractivity contribution in [1.82, 2.24) is 9.80 Å². The van der Waals surface area contributed by atoms with E-state index in [2.05, 4.69) is 10.2 Å². The first kappa shape index (κ1) is 22.3. The largest absolute Gasteiger partial charge is 0.497 e. The SMILES string of the molecule is COc1ccc(C(=O)N2CCN(c3ccc(NC4=CC(=O)N(CCO)C4=O)cc3)CC2)cc1. The molecule has 0 saturated carbocycles. The molecule has 0 bridgehead atoms. The topological polar surface area (TPSA) is 102 Å². The second kappa shape index (κ2) is 9.74. The van der Waals surface area contributed by atoms with Gasteiger partial charge in [0.2, 0.25) is 0 Å². The molecule has 2 aliphatic heterocycles. The molecule has 172 valence electrons. The maximum absolute atomic E-state index is 12.7. The minimum Gasteiger partial charge on any atom is -0.497 e. The monoisotopic (exact) mass is 450 g/mol. The van der Waals surface area contributed by atoms with Gasteiger partial charge in [-0.25, -0.2) is 0 Å². The molecule has 2 N–H and O–H groups in total. The van der Waals surface area contributed by atoms with Gasteiger partial charge in [-0.15, -0.1) is 0 Å². The summed E-state index contributed by atoms with van der Waals surface area (Å²) in [6, 6.07) is 14.7. The summed E-state index contributed by atoms with van der Waals surface area (Å²) in [5.41, 5.74) is 2.53. The molecule has 1 saturated heterocycles. The van der Waals surface area contributed by atoms with Crippen molar-refractivity contribution in [3.63, 3.8) is 0 Å². The van der Waals surface area contributed by atoms with Crippen molar-refractivity contribution in [2.24, 2.45) is 0 Å². The van der Waals surface area contributed by atoms with Crippen LogP contribution in [-0.2, 0) is 9.59 Å². The van der Waals surface area contributed by atoms with Crippen LogP contribution in [0, 0.1) is 0 Å². The number of benzene rings is 2. The summed E-state index contributed by atoms with van der Waals surface area (Å²) in [4.78, 5) is 41.9. The first-order chi connectivity index (χ1) is 16.0. The van der Waals surface area contributed by atoms with Crippen LogP contribution in [0.2, 0.25) is 0 Å². The van der Waals surface area contributed by atoms with Crippen LogP contribution in [0.4, 0.5) is 11.4 Å². The van der Waals surface area contributed by atoms with Crippen molar-refractivity contribution in [3.8, 4) is 5.75 Å². The lowest BCUT2D eigenvalue weighted by atomic mass is 10.1. The number of amides is 3. The fourth-order valence-corrected chi connectivity index (χ4v) is 3.90. The number of β-amino-alcohol motifs (C(OH)–C–C–N with tert-alkyl or cyclic N) is 1. The van der Waals surface area contributed by atoms with Crippen molar-refractivity contribution in [3.05, 3.63) is 65.9 Å². The van der Waals surface area contributed by atoms with Gasteiger partial charge in [0.25, 0.3) is 17.7 Å². The molecular weight excluding hydrogens is 424 g/mol. The highest BCUT2D eigenvalue weighted by atomic mass is 16.5. The van der Waals surface area contributed by atoms with E-state index in [1.165, 1.54) is 6.08 Å². The fraction of sp³-hybridized carbons (Fsp3) is 0.292. The maximum Gasteiger partial charge on any atom is 0.277 e. The summed E-state index contributed by atoms with van der Waals surface area (Å²) in [5.74, 6) is -0.154. The van der Waals surface area contributed by atoms with Crippen molar-refractivity contribution in [2.75, 3.05) is 56.7 Å². The molecule has 1 fully saturated rings. The van der Waals surface area contributed by atoms with Crippen LogP contribution in [-0.4, -0.2) is 79.1 Å². The van der Waals surface area contributed by atoms with E-state index in [-0.39, 0.29) is 24.8 Å². The van der Waals surface area contributed by atoms with E-state index in [0.717, 1.165) is 16.3 Å². The van der Waals surface area contributed by atoms with Crippen molar-refractivity contribution in [2.45, 2.75) is 0 Å². The van der Waals surface area contributed by atoms with E-state index in [0.29, 0.717) is 37.4 Å². The Hall–Kier alpha value is -3.85. The van der Waals surface area contributed by atoms with Crippen LogP contribution in [0.1, 0.15) is 10.4 Å². The zero-order chi connectivity index (χ0) is 23.4. The lowest BCUT2D eigenvalue weighted by Crippen LogP contribution is -2.48. The number of aliphatic hydroxyl groups excluding tert-OH is 1. The van der Waals surface area contributed by atoms with E-state index in [1.807, 2.05) is 29.2 Å². The zero-order valence-corrected chi connectivity index (χ0v) is 18.4. The van der Waals surface area contributed by atoms with Crippen LogP contribution < -0.4 is 15.0 Å². The molecule has 2 heterocycles. The summed E-state index contributed by atoms with van der Waals surface area (Å²) < 4.78 is 5.15. The Morgan fingerprint density at radius 3 is 2.27 bits per heavy atom. The second-order valence-corrected chi connectivity index (χ2v) is 7.76. The van der Waals surface area contributed by atoms with Crippen LogP contribution in [0.5, 0.6) is 5.75 Å². The van der Waals surface area contributed by atoms with Gasteiger partial charge >= 0.3 is 0 Å². The molecule has 2 aromatic carbocycles. The maximum atomic E-state index is 12.7. The third kappa shape index (κ3) is 4.83. The summed E-state index contributed by atoms with van der Waals surface area (Å²) in [7, 11) is 1.60. The predicted octanol–water partition coefficient (Wildman–Crippen LogP) is 1.31. The van der Waals surface area contributed by atoms with Gasteiger partial charge < -0.3 is 25.0 Å². The number of imide groups is 1. The predicted molar refractivity (Wildman–Crippen MR) is 123 cm³/mol. The molecule has 2 aromatic rings. The number of nitrogens with one attached hydrogen (secondary N) is 1. The van der Waals surface area contributed by atoms with Gasteiger partial charge in [0, 0.05) is 49.2 Å². The van der Waals surface area contributed by atoms with Crippen LogP contribution >= 0.6 is 0 Å². The molecule has 0 aromatic heterocycles. The highest BCUT2D eigenvalue weighted by Crippen LogP contribution is 2.23. The Bertz CT molecular complexity index is 1060. The van der Waals surface area contributed by atoms with Gasteiger partial charge in [0.1, 0.15) is 11.4 Å². The van der Waals surface area contributed by atoms with Crippen LogP contribution in [0.15, 0.2) is 60.3 Å². The number of hydrogen-bond acceptors (Lipinski definition) is 7. The van der Waals surface area contributed by atoms with E-state index >= 15 is 0 Å². The standard InChI is InChI=1S/C24H26N4O5/c1-33-20-8-2-17(3-9-20)23(31)27-12-10-26(11-13-27)19-6-4-18(5-7-19)25-21-16-22(30)28(14-15-29)24(21)32/h2-9,16,25,29H,10-15H2,1H3. The Morgan fingerprint density at radius 2 is 1.67 bits per heavy atom. The lowest BCUT2D eigenvalue weighted by molar-refractivity contribution is -0.137. The average Bonchev–Trinajstić information content (AvgIpc) is 3.12. The highest BCUT2D eigenvalue weighted by Gasteiger charge is 2.30. The van der Waals surface area contributed by atoms with Gasteiger partial charge in [-0.3, -0.25) is 19.3 Å². The molecule has 0 aliphatic carbocycles. The smallest absolute Gasteiger partial charge is 0.277 e. The third-order valence-corrected chi connectivity index (χ3v) is 5.75. The number of anilines is 2. The van der Waals surface area contributed by atoms with Crippen LogP contribution in [0.3, 0.4) is 0 Å². The first-order valence-electron chi connectivity index (χ1n) is 10.7. The molecule has 0 spiro atoms. The molecule has 2 aliphatic rings. The first-order valence-corrected chi connectivity index (χ1v) is 10.7. The summed E-state index contributed by atoms with van der Waals surface area (Å²) in [6.45, 7) is 2.37. The van der Waals surface area contributed by atoms with E-state index in [9.17, 15) is 14.4 Å².